The van der Waals surface area contributed by atoms with Gasteiger partial charge in [0.05, 0.1) is 17.6 Å². The third-order valence-corrected chi connectivity index (χ3v) is 5.59. The minimum Gasteiger partial charge on any atom is -0.399 e. The summed E-state index contributed by atoms with van der Waals surface area (Å²) in [4.78, 5) is 12.1. The van der Waals surface area contributed by atoms with E-state index in [1.54, 1.807) is 0 Å². The van der Waals surface area contributed by atoms with E-state index < -0.39 is 0 Å². The lowest BCUT2D eigenvalue weighted by Crippen LogP contribution is -2.41. The number of hydrogen-bond donors (Lipinski definition) is 1. The molecule has 3 rings (SSSR count). The van der Waals surface area contributed by atoms with Gasteiger partial charge >= 0.3 is 7.12 Å². The van der Waals surface area contributed by atoms with Gasteiger partial charge in [0.25, 0.3) is 0 Å². The second-order valence-electron chi connectivity index (χ2n) is 8.06. The number of nitrogens with one attached hydrogen (secondary N) is 1. The Balaban J connectivity index is 1.58. The molecule has 1 amide bonds. The minimum absolute atomic E-state index is 0.116. The topological polar surface area (TPSA) is 47.6 Å². The SMILES string of the molecule is CC1(C)OB(c2ccc(CC(=O)NC3CCCC3)cc2)OC1(C)C. The molecule has 1 N–H and O–H groups in total. The van der Waals surface area contributed by atoms with Crippen LogP contribution in [-0.4, -0.2) is 30.3 Å². The van der Waals surface area contributed by atoms with Crippen molar-refractivity contribution < 1.29 is 14.1 Å². The Kier molecular flexibility index (Phi) is 4.76. The first-order chi connectivity index (χ1) is 11.3. The largest absolute Gasteiger partial charge is 0.494 e. The standard InChI is InChI=1S/C19H28BNO3/c1-18(2)19(3,4)24-20(23-18)15-11-9-14(10-12-15)13-17(22)21-16-7-5-6-8-16/h9-12,16H,5-8,13H2,1-4H3,(H,21,22). The van der Waals surface area contributed by atoms with Crippen molar-refractivity contribution in [2.45, 2.75) is 77.0 Å². The van der Waals surface area contributed by atoms with Crippen LogP contribution in [0.1, 0.15) is 58.9 Å². The highest BCUT2D eigenvalue weighted by Gasteiger charge is 2.51. The van der Waals surface area contributed by atoms with Crippen LogP contribution in [0, 0.1) is 0 Å². The molecule has 1 saturated carbocycles. The average molecular weight is 329 g/mol. The molecule has 0 atom stereocenters. The molecule has 5 heteroatoms. The van der Waals surface area contributed by atoms with E-state index in [-0.39, 0.29) is 24.2 Å². The van der Waals surface area contributed by atoms with E-state index in [4.69, 9.17) is 9.31 Å². The van der Waals surface area contributed by atoms with E-state index >= 15 is 0 Å². The summed E-state index contributed by atoms with van der Waals surface area (Å²) in [6.45, 7) is 8.20. The molecule has 24 heavy (non-hydrogen) atoms. The third kappa shape index (κ3) is 3.67. The molecule has 4 nitrogen and oxygen atoms in total. The monoisotopic (exact) mass is 329 g/mol. The fourth-order valence-electron chi connectivity index (χ4n) is 3.31. The summed E-state index contributed by atoms with van der Waals surface area (Å²) in [5.41, 5.74) is 1.34. The van der Waals surface area contributed by atoms with Crippen LogP contribution in [0.15, 0.2) is 24.3 Å². The summed E-state index contributed by atoms with van der Waals surface area (Å²) < 4.78 is 12.1. The van der Waals surface area contributed by atoms with Crippen LogP contribution in [0.4, 0.5) is 0 Å². The number of carbonyl (C=O) groups excluding carboxylic acids is 1. The molecule has 0 radical (unpaired) electrons. The van der Waals surface area contributed by atoms with Crippen LogP contribution in [0.5, 0.6) is 0 Å². The van der Waals surface area contributed by atoms with Crippen LogP contribution in [-0.2, 0) is 20.5 Å². The molecule has 0 spiro atoms. The maximum Gasteiger partial charge on any atom is 0.494 e. The van der Waals surface area contributed by atoms with Gasteiger partial charge in [0.15, 0.2) is 0 Å². The normalized spacial score (nSPS) is 22.8. The second-order valence-corrected chi connectivity index (χ2v) is 8.06. The van der Waals surface area contributed by atoms with Gasteiger partial charge in [-0.3, -0.25) is 4.79 Å². The molecule has 1 aromatic carbocycles. The highest BCUT2D eigenvalue weighted by Crippen LogP contribution is 2.36. The summed E-state index contributed by atoms with van der Waals surface area (Å²) in [7, 11) is -0.351. The number of carbonyl (C=O) groups is 1. The van der Waals surface area contributed by atoms with Crippen molar-refractivity contribution in [1.82, 2.24) is 5.32 Å². The predicted molar refractivity (Wildman–Crippen MR) is 96.3 cm³/mol. The zero-order chi connectivity index (χ0) is 17.4. The summed E-state index contributed by atoms with van der Waals surface area (Å²) in [5.74, 6) is 0.116. The van der Waals surface area contributed by atoms with Crippen LogP contribution in [0.3, 0.4) is 0 Å². The summed E-state index contributed by atoms with van der Waals surface area (Å²) in [6, 6.07) is 8.37. The summed E-state index contributed by atoms with van der Waals surface area (Å²) in [6.07, 6.45) is 5.13. The minimum atomic E-state index is -0.351. The molecule has 2 aliphatic rings. The highest BCUT2D eigenvalue weighted by molar-refractivity contribution is 6.62. The smallest absolute Gasteiger partial charge is 0.399 e. The van der Waals surface area contributed by atoms with Crippen molar-refractivity contribution in [1.29, 1.82) is 0 Å². The van der Waals surface area contributed by atoms with Gasteiger partial charge in [0.2, 0.25) is 5.91 Å². The molecular weight excluding hydrogens is 301 g/mol. The van der Waals surface area contributed by atoms with E-state index in [1.165, 1.54) is 12.8 Å². The molecule has 0 bridgehead atoms. The van der Waals surface area contributed by atoms with Gasteiger partial charge in [-0.1, -0.05) is 37.1 Å². The lowest BCUT2D eigenvalue weighted by Gasteiger charge is -2.32. The Morgan fingerprint density at radius 1 is 1.08 bits per heavy atom. The molecule has 0 unspecified atom stereocenters. The molecule has 130 valence electrons. The number of hydrogen-bond acceptors (Lipinski definition) is 3. The third-order valence-electron chi connectivity index (χ3n) is 5.59. The van der Waals surface area contributed by atoms with Crippen molar-refractivity contribution in [3.05, 3.63) is 29.8 Å². The maximum atomic E-state index is 12.1. The fraction of sp³-hybridized carbons (Fsp3) is 0.632. The molecule has 1 aliphatic heterocycles. The molecule has 1 aromatic rings. The first kappa shape index (κ1) is 17.5. The Bertz CT molecular complexity index is 575. The van der Waals surface area contributed by atoms with Crippen molar-refractivity contribution >= 4 is 18.5 Å². The molecule has 1 saturated heterocycles. The van der Waals surface area contributed by atoms with Gasteiger partial charge in [0, 0.05) is 6.04 Å². The zero-order valence-corrected chi connectivity index (χ0v) is 15.2. The number of amides is 1. The highest BCUT2D eigenvalue weighted by atomic mass is 16.7. The van der Waals surface area contributed by atoms with E-state index in [0.29, 0.717) is 12.5 Å². The zero-order valence-electron chi connectivity index (χ0n) is 15.2. The predicted octanol–water partition coefficient (Wildman–Crippen LogP) is 2.59. The average Bonchev–Trinajstić information content (AvgIpc) is 3.06. The summed E-state index contributed by atoms with van der Waals surface area (Å²) >= 11 is 0. The van der Waals surface area contributed by atoms with E-state index in [1.807, 2.05) is 24.3 Å². The van der Waals surface area contributed by atoms with Gasteiger partial charge in [-0.25, -0.2) is 0 Å². The van der Waals surface area contributed by atoms with Crippen molar-refractivity contribution in [2.24, 2.45) is 0 Å². The van der Waals surface area contributed by atoms with Crippen LogP contribution in [0.25, 0.3) is 0 Å². The van der Waals surface area contributed by atoms with E-state index in [0.717, 1.165) is 23.9 Å². The number of rotatable bonds is 4. The van der Waals surface area contributed by atoms with E-state index in [2.05, 4.69) is 33.0 Å². The first-order valence-corrected chi connectivity index (χ1v) is 9.01. The lowest BCUT2D eigenvalue weighted by molar-refractivity contribution is -0.121. The van der Waals surface area contributed by atoms with Gasteiger partial charge in [-0.2, -0.15) is 0 Å². The van der Waals surface area contributed by atoms with Crippen molar-refractivity contribution in [2.75, 3.05) is 0 Å². The van der Waals surface area contributed by atoms with Crippen LogP contribution >= 0.6 is 0 Å². The Labute approximate surface area is 145 Å². The quantitative estimate of drug-likeness (QED) is 0.864. The number of benzene rings is 1. The van der Waals surface area contributed by atoms with Gasteiger partial charge < -0.3 is 14.6 Å². The maximum absolute atomic E-state index is 12.1. The van der Waals surface area contributed by atoms with Gasteiger partial charge in [-0.05, 0) is 51.6 Å². The lowest BCUT2D eigenvalue weighted by atomic mass is 9.79. The Morgan fingerprint density at radius 2 is 1.62 bits per heavy atom. The van der Waals surface area contributed by atoms with E-state index in [9.17, 15) is 4.79 Å². The molecule has 1 heterocycles. The first-order valence-electron chi connectivity index (χ1n) is 9.01. The second kappa shape index (κ2) is 6.53. The molecular formula is C19H28BNO3. The Morgan fingerprint density at radius 3 is 2.17 bits per heavy atom. The summed E-state index contributed by atoms with van der Waals surface area (Å²) in [5, 5.41) is 3.13. The fourth-order valence-corrected chi connectivity index (χ4v) is 3.31. The van der Waals surface area contributed by atoms with Gasteiger partial charge in [-0.15, -0.1) is 0 Å². The van der Waals surface area contributed by atoms with Gasteiger partial charge in [0.1, 0.15) is 0 Å². The van der Waals surface area contributed by atoms with Crippen molar-refractivity contribution in [3.8, 4) is 0 Å². The molecule has 2 fully saturated rings. The van der Waals surface area contributed by atoms with Crippen molar-refractivity contribution in [3.63, 3.8) is 0 Å². The van der Waals surface area contributed by atoms with Crippen LogP contribution < -0.4 is 10.8 Å². The van der Waals surface area contributed by atoms with Crippen LogP contribution in [0.2, 0.25) is 0 Å². The Hall–Kier alpha value is -1.33. The molecule has 0 aromatic heterocycles. The molecule has 1 aliphatic carbocycles.